The lowest BCUT2D eigenvalue weighted by atomic mass is 10.3. The number of hydrogen-bond donors (Lipinski definition) is 1. The van der Waals surface area contributed by atoms with Crippen molar-refractivity contribution in [3.8, 4) is 5.75 Å². The molecule has 0 aliphatic carbocycles. The van der Waals surface area contributed by atoms with Crippen molar-refractivity contribution in [2.45, 2.75) is 4.90 Å². The van der Waals surface area contributed by atoms with Crippen LogP contribution in [0.4, 0.5) is 10.1 Å². The van der Waals surface area contributed by atoms with Gasteiger partial charge in [-0.3, -0.25) is 4.79 Å². The maximum absolute atomic E-state index is 13.5. The molecule has 0 saturated heterocycles. The van der Waals surface area contributed by atoms with Crippen molar-refractivity contribution in [1.29, 1.82) is 0 Å². The highest BCUT2D eigenvalue weighted by atomic mass is 79.9. The molecule has 1 N–H and O–H groups in total. The predicted octanol–water partition coefficient (Wildman–Crippen LogP) is 4.33. The Labute approximate surface area is 135 Å². The molecule has 2 rings (SSSR count). The van der Waals surface area contributed by atoms with Crippen LogP contribution in [-0.4, -0.2) is 18.8 Å². The summed E-state index contributed by atoms with van der Waals surface area (Å²) in [6.45, 7) is -0.248. The van der Waals surface area contributed by atoms with Gasteiger partial charge in [0, 0.05) is 15.1 Å². The molecule has 0 aliphatic heterocycles. The minimum Gasteiger partial charge on any atom is -0.481 e. The quantitative estimate of drug-likeness (QED) is 0.797. The second-order valence-electron chi connectivity index (χ2n) is 4.14. The highest BCUT2D eigenvalue weighted by Gasteiger charge is 2.08. The third-order valence-electron chi connectivity index (χ3n) is 2.61. The van der Waals surface area contributed by atoms with Crippen LogP contribution in [0.25, 0.3) is 0 Å². The first-order valence-electron chi connectivity index (χ1n) is 6.10. The number of carbonyl (C=O) groups excluding carboxylic acids is 1. The van der Waals surface area contributed by atoms with Crippen LogP contribution in [0.2, 0.25) is 0 Å². The number of amides is 1. The molecule has 0 unspecified atom stereocenters. The zero-order chi connectivity index (χ0) is 15.2. The van der Waals surface area contributed by atoms with Crippen LogP contribution in [0, 0.1) is 5.82 Å². The lowest BCUT2D eigenvalue weighted by Crippen LogP contribution is -2.20. The minimum absolute atomic E-state index is 0.0474. The van der Waals surface area contributed by atoms with Crippen LogP contribution in [0.1, 0.15) is 0 Å². The Bertz CT molecular complexity index is 651. The summed E-state index contributed by atoms with van der Waals surface area (Å²) in [5, 5.41) is 2.71. The second-order valence-corrected chi connectivity index (χ2v) is 5.94. The van der Waals surface area contributed by atoms with E-state index in [2.05, 4.69) is 21.2 Å². The number of anilines is 1. The van der Waals surface area contributed by atoms with Gasteiger partial charge in [-0.15, -0.1) is 11.8 Å². The zero-order valence-corrected chi connectivity index (χ0v) is 13.6. The average Bonchev–Trinajstić information content (AvgIpc) is 2.46. The molecular formula is C15H13BrFNO2S. The van der Waals surface area contributed by atoms with Gasteiger partial charge in [-0.2, -0.15) is 0 Å². The summed E-state index contributed by atoms with van der Waals surface area (Å²) in [7, 11) is 0. The maximum Gasteiger partial charge on any atom is 0.262 e. The van der Waals surface area contributed by atoms with Crippen LogP contribution in [0.5, 0.6) is 5.75 Å². The summed E-state index contributed by atoms with van der Waals surface area (Å²) in [6, 6.07) is 11.9. The summed E-state index contributed by atoms with van der Waals surface area (Å²) in [6.07, 6.45) is 1.96. The first-order chi connectivity index (χ1) is 10.1. The highest BCUT2D eigenvalue weighted by Crippen LogP contribution is 2.22. The zero-order valence-electron chi connectivity index (χ0n) is 11.2. The van der Waals surface area contributed by atoms with E-state index >= 15 is 0 Å². The molecule has 0 bridgehead atoms. The average molecular weight is 370 g/mol. The largest absolute Gasteiger partial charge is 0.481 e. The number of carbonyl (C=O) groups is 1. The molecule has 1 amide bonds. The molecule has 0 aliphatic rings. The smallest absolute Gasteiger partial charge is 0.262 e. The highest BCUT2D eigenvalue weighted by molar-refractivity contribution is 9.10. The first-order valence-corrected chi connectivity index (χ1v) is 8.12. The maximum atomic E-state index is 13.5. The summed E-state index contributed by atoms with van der Waals surface area (Å²) in [4.78, 5) is 12.8. The number of thioether (sulfide) groups is 1. The molecule has 3 nitrogen and oxygen atoms in total. The van der Waals surface area contributed by atoms with E-state index in [4.69, 9.17) is 4.74 Å². The van der Waals surface area contributed by atoms with E-state index in [1.54, 1.807) is 23.9 Å². The first kappa shape index (κ1) is 15.9. The van der Waals surface area contributed by atoms with Crippen LogP contribution < -0.4 is 10.1 Å². The summed E-state index contributed by atoms with van der Waals surface area (Å²) < 4.78 is 19.3. The van der Waals surface area contributed by atoms with Crippen molar-refractivity contribution in [3.05, 3.63) is 52.8 Å². The van der Waals surface area contributed by atoms with Crippen LogP contribution >= 0.6 is 27.7 Å². The molecule has 0 fully saturated rings. The van der Waals surface area contributed by atoms with Gasteiger partial charge in [-0.05, 0) is 42.7 Å². The molecule has 0 spiro atoms. The Morgan fingerprint density at radius 3 is 2.86 bits per heavy atom. The molecule has 0 radical (unpaired) electrons. The van der Waals surface area contributed by atoms with E-state index < -0.39 is 5.82 Å². The topological polar surface area (TPSA) is 38.3 Å². The van der Waals surface area contributed by atoms with Gasteiger partial charge in [0.25, 0.3) is 5.91 Å². The van der Waals surface area contributed by atoms with Crippen molar-refractivity contribution < 1.29 is 13.9 Å². The van der Waals surface area contributed by atoms with E-state index in [0.29, 0.717) is 10.2 Å². The molecule has 6 heteroatoms. The number of halogens is 2. The number of rotatable bonds is 5. The van der Waals surface area contributed by atoms with Crippen LogP contribution in [0.3, 0.4) is 0 Å². The van der Waals surface area contributed by atoms with Crippen molar-refractivity contribution in [2.24, 2.45) is 0 Å². The van der Waals surface area contributed by atoms with Crippen molar-refractivity contribution in [1.82, 2.24) is 0 Å². The van der Waals surface area contributed by atoms with Crippen molar-refractivity contribution in [2.75, 3.05) is 18.2 Å². The van der Waals surface area contributed by atoms with Gasteiger partial charge < -0.3 is 10.1 Å². The molecule has 110 valence electrons. The van der Waals surface area contributed by atoms with E-state index in [1.165, 1.54) is 12.1 Å². The predicted molar refractivity (Wildman–Crippen MR) is 86.4 cm³/mol. The lowest BCUT2D eigenvalue weighted by Gasteiger charge is -2.09. The van der Waals surface area contributed by atoms with E-state index in [1.807, 2.05) is 24.5 Å². The Kier molecular flexibility index (Phi) is 5.64. The minimum atomic E-state index is -0.512. The summed E-state index contributed by atoms with van der Waals surface area (Å²) >= 11 is 4.74. The Morgan fingerprint density at radius 1 is 1.33 bits per heavy atom. The normalized spacial score (nSPS) is 10.2. The molecule has 0 atom stereocenters. The van der Waals surface area contributed by atoms with Gasteiger partial charge in [-0.1, -0.05) is 22.0 Å². The number of nitrogens with one attached hydrogen (secondary N) is 1. The fourth-order valence-corrected chi connectivity index (χ4v) is 2.43. The summed E-state index contributed by atoms with van der Waals surface area (Å²) in [5.74, 6) is -0.802. The van der Waals surface area contributed by atoms with Gasteiger partial charge in [0.15, 0.2) is 18.2 Å². The third kappa shape index (κ3) is 4.75. The van der Waals surface area contributed by atoms with Gasteiger partial charge in [0.2, 0.25) is 0 Å². The second kappa shape index (κ2) is 7.47. The molecule has 2 aromatic rings. The number of hydrogen-bond acceptors (Lipinski definition) is 3. The van der Waals surface area contributed by atoms with Gasteiger partial charge in [0.1, 0.15) is 0 Å². The Balaban J connectivity index is 1.92. The number of benzene rings is 2. The summed E-state index contributed by atoms with van der Waals surface area (Å²) in [5.41, 5.74) is 0.687. The van der Waals surface area contributed by atoms with E-state index in [-0.39, 0.29) is 18.3 Å². The Morgan fingerprint density at radius 2 is 2.14 bits per heavy atom. The standard InChI is InChI=1S/C15H13BrFNO2S/c1-21-12-4-2-3-11(8-12)18-15(19)9-20-14-6-5-10(16)7-13(14)17/h2-8H,9H2,1H3,(H,18,19). The van der Waals surface area contributed by atoms with Gasteiger partial charge >= 0.3 is 0 Å². The van der Waals surface area contributed by atoms with E-state index in [9.17, 15) is 9.18 Å². The SMILES string of the molecule is CSc1cccc(NC(=O)COc2ccc(Br)cc2F)c1. The Hall–Kier alpha value is -1.53. The monoisotopic (exact) mass is 369 g/mol. The molecule has 0 aromatic heterocycles. The fraction of sp³-hybridized carbons (Fsp3) is 0.133. The van der Waals surface area contributed by atoms with Crippen LogP contribution in [0.15, 0.2) is 51.8 Å². The van der Waals surface area contributed by atoms with Crippen LogP contribution in [-0.2, 0) is 4.79 Å². The van der Waals surface area contributed by atoms with Gasteiger partial charge in [-0.25, -0.2) is 4.39 Å². The molecule has 21 heavy (non-hydrogen) atoms. The number of ether oxygens (including phenoxy) is 1. The third-order valence-corrected chi connectivity index (χ3v) is 3.82. The van der Waals surface area contributed by atoms with Crippen molar-refractivity contribution >= 4 is 39.3 Å². The molecule has 0 heterocycles. The van der Waals surface area contributed by atoms with Gasteiger partial charge in [0.05, 0.1) is 0 Å². The molecule has 2 aromatic carbocycles. The van der Waals surface area contributed by atoms with E-state index in [0.717, 1.165) is 4.90 Å². The molecular weight excluding hydrogens is 357 g/mol. The lowest BCUT2D eigenvalue weighted by molar-refractivity contribution is -0.118. The molecule has 0 saturated carbocycles. The fourth-order valence-electron chi connectivity index (χ4n) is 1.63. The van der Waals surface area contributed by atoms with Crippen molar-refractivity contribution in [3.63, 3.8) is 0 Å².